The van der Waals surface area contributed by atoms with Crippen LogP contribution in [0, 0.1) is 0 Å². The first-order valence-electron chi connectivity index (χ1n) is 17.5. The van der Waals surface area contributed by atoms with Crippen LogP contribution in [-0.2, 0) is 38.8 Å². The lowest BCUT2D eigenvalue weighted by Gasteiger charge is -2.39. The molecule has 50 heavy (non-hydrogen) atoms. The molecular weight excluding hydrogens is 630 g/mol. The number of hydrogen-bond acceptors (Lipinski definition) is 9. The maximum atomic E-state index is 10.7. The summed E-state index contributed by atoms with van der Waals surface area (Å²) in [5, 5.41) is 10.7. The van der Waals surface area contributed by atoms with Gasteiger partial charge in [0.05, 0.1) is 27.9 Å². The third-order valence-electron chi connectivity index (χ3n) is 10.6. The van der Waals surface area contributed by atoms with E-state index in [0.717, 1.165) is 60.4 Å². The maximum absolute atomic E-state index is 10.7. The number of aliphatic hydroxyl groups is 1. The highest BCUT2D eigenvalue weighted by molar-refractivity contribution is 5.67. The Balaban J connectivity index is 1.50. The molecule has 9 nitrogen and oxygen atoms in total. The van der Waals surface area contributed by atoms with Crippen LogP contribution < -0.4 is 23.7 Å². The molecule has 0 spiro atoms. The molecule has 0 unspecified atom stereocenters. The van der Waals surface area contributed by atoms with Gasteiger partial charge in [0.2, 0.25) is 5.75 Å². The standard InChI is InChI=1S/C41H49N3O6/c1-42(2)23-32-30-15-17-44(4)34-19-26-10-13-35(46-5)37(20-26)49-29-11-8-25(9-12-29)18-33-31-22-36(28(24-45)21-27(31)14-16-43(33)3)50-40(38(30)34)41(48-7)39(32)47-6/h8-13,20-22,33-34,45H,14-19,23-24H2,1-7H3/t33-,34-/m0/s1. The number of likely N-dealkylation sites (N-methyl/N-ethyl adjacent to an activating group) is 2. The zero-order chi connectivity index (χ0) is 35.1. The van der Waals surface area contributed by atoms with Gasteiger partial charge >= 0.3 is 0 Å². The van der Waals surface area contributed by atoms with E-state index in [1.165, 1.54) is 22.3 Å². The van der Waals surface area contributed by atoms with Crippen molar-refractivity contribution < 1.29 is 28.8 Å². The summed E-state index contributed by atoms with van der Waals surface area (Å²) in [4.78, 5) is 6.97. The average molecular weight is 680 g/mol. The molecule has 6 bridgehead atoms. The van der Waals surface area contributed by atoms with Crippen molar-refractivity contribution in [3.8, 4) is 40.2 Å². The SMILES string of the molecule is COc1ccc2cc1Oc1ccc(cc1)C[C@H]1c3cc(c(CO)cc3CCN1C)Oc1c(OC)c(OC)c(CN(C)C)c3c1[C@H](C2)N(C)CC3. The zero-order valence-electron chi connectivity index (χ0n) is 30.3. The number of benzene rings is 4. The molecule has 0 saturated heterocycles. The minimum Gasteiger partial charge on any atom is -0.493 e. The fraction of sp³-hybridized carbons (Fsp3) is 0.415. The Hall–Kier alpha value is -4.28. The predicted molar refractivity (Wildman–Crippen MR) is 194 cm³/mol. The molecule has 0 aliphatic carbocycles. The minimum absolute atomic E-state index is 0.0528. The van der Waals surface area contributed by atoms with Gasteiger partial charge < -0.3 is 33.7 Å². The van der Waals surface area contributed by atoms with Crippen molar-refractivity contribution in [1.29, 1.82) is 0 Å². The van der Waals surface area contributed by atoms with Crippen LogP contribution in [0.25, 0.3) is 0 Å². The van der Waals surface area contributed by atoms with Crippen molar-refractivity contribution >= 4 is 0 Å². The summed E-state index contributed by atoms with van der Waals surface area (Å²) in [5.41, 5.74) is 8.94. The van der Waals surface area contributed by atoms with Crippen LogP contribution in [0.5, 0.6) is 40.2 Å². The lowest BCUT2D eigenvalue weighted by Crippen LogP contribution is -2.35. The van der Waals surface area contributed by atoms with E-state index in [4.69, 9.17) is 23.7 Å². The topological polar surface area (TPSA) is 76.1 Å². The summed E-state index contributed by atoms with van der Waals surface area (Å²) in [6, 6.07) is 18.9. The third kappa shape index (κ3) is 6.28. The van der Waals surface area contributed by atoms with Gasteiger partial charge in [-0.05, 0) is 118 Å². The molecule has 264 valence electrons. The van der Waals surface area contributed by atoms with Crippen LogP contribution in [0.1, 0.15) is 56.6 Å². The minimum atomic E-state index is -0.136. The van der Waals surface area contributed by atoms with E-state index >= 15 is 0 Å². The molecule has 0 amide bonds. The van der Waals surface area contributed by atoms with Gasteiger partial charge in [-0.15, -0.1) is 0 Å². The van der Waals surface area contributed by atoms with Crippen LogP contribution in [0.3, 0.4) is 0 Å². The number of ether oxygens (including phenoxy) is 5. The van der Waals surface area contributed by atoms with Gasteiger partial charge in [0.25, 0.3) is 0 Å². The van der Waals surface area contributed by atoms with Crippen molar-refractivity contribution in [1.82, 2.24) is 14.7 Å². The lowest BCUT2D eigenvalue weighted by molar-refractivity contribution is 0.218. The van der Waals surface area contributed by atoms with Gasteiger partial charge in [-0.2, -0.15) is 0 Å². The molecule has 0 saturated carbocycles. The molecule has 0 radical (unpaired) electrons. The number of methoxy groups -OCH3 is 3. The molecule has 4 aromatic rings. The van der Waals surface area contributed by atoms with Crippen molar-refractivity contribution in [2.45, 2.75) is 50.9 Å². The zero-order valence-corrected chi connectivity index (χ0v) is 30.3. The molecule has 8 rings (SSSR count). The number of fused-ring (bicyclic) bond motifs is 2. The fourth-order valence-electron chi connectivity index (χ4n) is 8.04. The van der Waals surface area contributed by atoms with Gasteiger partial charge in [0, 0.05) is 48.4 Å². The Morgan fingerprint density at radius 1 is 0.780 bits per heavy atom. The summed E-state index contributed by atoms with van der Waals surface area (Å²) >= 11 is 0. The summed E-state index contributed by atoms with van der Waals surface area (Å²) < 4.78 is 31.8. The van der Waals surface area contributed by atoms with Gasteiger partial charge in [-0.25, -0.2) is 0 Å². The highest BCUT2D eigenvalue weighted by Crippen LogP contribution is 2.53. The van der Waals surface area contributed by atoms with Crippen molar-refractivity contribution in [3.63, 3.8) is 0 Å². The van der Waals surface area contributed by atoms with Crippen LogP contribution >= 0.6 is 0 Å². The Morgan fingerprint density at radius 2 is 1.48 bits per heavy atom. The van der Waals surface area contributed by atoms with Crippen molar-refractivity contribution in [2.75, 3.05) is 62.6 Å². The Kier molecular flexibility index (Phi) is 9.67. The molecule has 9 heteroatoms. The second-order valence-corrected chi connectivity index (χ2v) is 14.1. The molecule has 1 N–H and O–H groups in total. The van der Waals surface area contributed by atoms with Gasteiger partial charge in [-0.1, -0.05) is 18.2 Å². The molecule has 4 aromatic carbocycles. The monoisotopic (exact) mass is 679 g/mol. The van der Waals surface area contributed by atoms with Crippen LogP contribution in [0.15, 0.2) is 54.6 Å². The van der Waals surface area contributed by atoms with E-state index in [1.54, 1.807) is 21.3 Å². The highest BCUT2D eigenvalue weighted by Gasteiger charge is 2.37. The smallest absolute Gasteiger partial charge is 0.204 e. The Bertz CT molecular complexity index is 1870. The molecule has 4 aliphatic heterocycles. The van der Waals surface area contributed by atoms with E-state index in [2.05, 4.69) is 79.3 Å². The third-order valence-corrected chi connectivity index (χ3v) is 10.6. The average Bonchev–Trinajstić information content (AvgIpc) is 3.11. The first kappa shape index (κ1) is 34.2. The first-order valence-corrected chi connectivity index (χ1v) is 17.5. The van der Waals surface area contributed by atoms with E-state index < -0.39 is 0 Å². The molecular formula is C41H49N3O6. The van der Waals surface area contributed by atoms with Crippen LogP contribution in [0.4, 0.5) is 0 Å². The quantitative estimate of drug-likeness (QED) is 0.240. The van der Waals surface area contributed by atoms with E-state index in [9.17, 15) is 5.11 Å². The number of rotatable bonds is 6. The molecule has 0 fully saturated rings. The normalized spacial score (nSPS) is 18.8. The molecule has 2 atom stereocenters. The summed E-state index contributed by atoms with van der Waals surface area (Å²) in [5.74, 6) is 4.64. The fourth-order valence-corrected chi connectivity index (χ4v) is 8.04. The lowest BCUT2D eigenvalue weighted by atomic mass is 9.84. The van der Waals surface area contributed by atoms with E-state index in [-0.39, 0.29) is 18.7 Å². The van der Waals surface area contributed by atoms with Crippen LogP contribution in [-0.4, -0.2) is 82.4 Å². The Labute approximate surface area is 295 Å². The van der Waals surface area contributed by atoms with Gasteiger partial charge in [0.15, 0.2) is 23.0 Å². The van der Waals surface area contributed by atoms with Crippen molar-refractivity contribution in [3.05, 3.63) is 99.1 Å². The summed E-state index contributed by atoms with van der Waals surface area (Å²) in [6.07, 6.45) is 3.25. The molecule has 4 aliphatic rings. The second kappa shape index (κ2) is 14.2. The second-order valence-electron chi connectivity index (χ2n) is 14.1. The van der Waals surface area contributed by atoms with Gasteiger partial charge in [-0.3, -0.25) is 9.80 Å². The number of hydrogen-bond donors (Lipinski definition) is 1. The van der Waals surface area contributed by atoms with Crippen LogP contribution in [0.2, 0.25) is 0 Å². The number of aliphatic hydroxyl groups excluding tert-OH is 1. The molecule has 0 aromatic heterocycles. The predicted octanol–water partition coefficient (Wildman–Crippen LogP) is 6.71. The summed E-state index contributed by atoms with van der Waals surface area (Å²) in [7, 11) is 13.6. The number of nitrogens with zero attached hydrogens (tertiary/aromatic N) is 3. The van der Waals surface area contributed by atoms with Crippen molar-refractivity contribution in [2.24, 2.45) is 0 Å². The highest BCUT2D eigenvalue weighted by atomic mass is 16.5. The summed E-state index contributed by atoms with van der Waals surface area (Å²) in [6.45, 7) is 2.35. The Morgan fingerprint density at radius 3 is 2.18 bits per heavy atom. The largest absolute Gasteiger partial charge is 0.493 e. The van der Waals surface area contributed by atoms with E-state index in [1.807, 2.05) is 18.2 Å². The van der Waals surface area contributed by atoms with E-state index in [0.29, 0.717) is 47.5 Å². The molecule has 4 heterocycles. The first-order chi connectivity index (χ1) is 24.2. The van der Waals surface area contributed by atoms with Gasteiger partial charge in [0.1, 0.15) is 11.5 Å². The maximum Gasteiger partial charge on any atom is 0.204 e.